The largest absolute Gasteiger partial charge is 0.475 e. The molecule has 0 radical (unpaired) electrons. The van der Waals surface area contributed by atoms with E-state index in [0.717, 1.165) is 12.8 Å². The normalized spacial score (nSPS) is 19.6. The number of nitrogens with two attached hydrogens (primary N) is 1. The average molecular weight is 258 g/mol. The third-order valence-electron chi connectivity index (χ3n) is 2.84. The van der Waals surface area contributed by atoms with E-state index in [2.05, 4.69) is 0 Å². The summed E-state index contributed by atoms with van der Waals surface area (Å²) >= 11 is 0. The molecule has 0 unspecified atom stereocenters. The van der Waals surface area contributed by atoms with Gasteiger partial charge in [-0.05, 0) is 19.3 Å². The first-order valence-corrected chi connectivity index (χ1v) is 5.91. The van der Waals surface area contributed by atoms with Crippen LogP contribution in [0, 0.1) is 0 Å². The second-order valence-corrected chi connectivity index (χ2v) is 4.13. The van der Waals surface area contributed by atoms with Crippen LogP contribution in [0.2, 0.25) is 0 Å². The monoisotopic (exact) mass is 258 g/mol. The molecule has 1 aliphatic heterocycles. The molecule has 4 N–H and O–H groups in total. The molecule has 0 aromatic carbocycles. The van der Waals surface area contributed by atoms with Gasteiger partial charge in [-0.3, -0.25) is 4.79 Å². The molecule has 0 saturated carbocycles. The van der Waals surface area contributed by atoms with Crippen LogP contribution in [0.5, 0.6) is 0 Å². The molecule has 0 aromatic rings. The number of nitrogens with zero attached hydrogens (tertiary/aromatic N) is 1. The Kier molecular flexibility index (Phi) is 8.23. The Hall–Kier alpha value is -1.21. The number of likely N-dealkylation sites (tertiary alicyclic amines) is 1. The maximum absolute atomic E-state index is 11.8. The highest BCUT2D eigenvalue weighted by molar-refractivity contribution is 6.43. The lowest BCUT2D eigenvalue weighted by molar-refractivity contribution is -0.191. The summed E-state index contributed by atoms with van der Waals surface area (Å²) in [6.45, 7) is 2.55. The fraction of sp³-hybridized carbons (Fsp3) is 0.800. The third kappa shape index (κ3) is 4.97. The number of carbonyl (C=O) groups is 1. The predicted octanol–water partition coefficient (Wildman–Crippen LogP) is -1.47. The van der Waals surface area contributed by atoms with Gasteiger partial charge in [0.15, 0.2) is 0 Å². The standard InChI is InChI=1S/C9H19BN2O3.CO2/c1-2-4-7(11)9(13)12-6-3-5-8(12)10(14)15;2-1-3/h7-8,14-15H,2-6,11H2,1H3;/t7-,8-;/m0./s1. The van der Waals surface area contributed by atoms with Gasteiger partial charge in [0.1, 0.15) is 0 Å². The summed E-state index contributed by atoms with van der Waals surface area (Å²) in [4.78, 5) is 29.6. The highest BCUT2D eigenvalue weighted by Gasteiger charge is 2.38. The second kappa shape index (κ2) is 8.82. The Morgan fingerprint density at radius 2 is 2.11 bits per heavy atom. The Bertz CT molecular complexity index is 294. The third-order valence-corrected chi connectivity index (χ3v) is 2.84. The van der Waals surface area contributed by atoms with Gasteiger partial charge in [-0.2, -0.15) is 9.59 Å². The fourth-order valence-electron chi connectivity index (χ4n) is 2.02. The molecule has 0 spiro atoms. The van der Waals surface area contributed by atoms with E-state index in [9.17, 15) is 4.79 Å². The van der Waals surface area contributed by atoms with Gasteiger partial charge in [0.25, 0.3) is 0 Å². The van der Waals surface area contributed by atoms with Crippen molar-refractivity contribution in [3.05, 3.63) is 0 Å². The van der Waals surface area contributed by atoms with E-state index < -0.39 is 19.1 Å². The molecule has 0 aromatic heterocycles. The number of carbonyl (C=O) groups excluding carboxylic acids is 3. The van der Waals surface area contributed by atoms with Crippen molar-refractivity contribution in [1.82, 2.24) is 4.90 Å². The smallest absolute Gasteiger partial charge is 0.426 e. The van der Waals surface area contributed by atoms with E-state index in [-0.39, 0.29) is 12.1 Å². The van der Waals surface area contributed by atoms with Gasteiger partial charge >= 0.3 is 13.3 Å². The van der Waals surface area contributed by atoms with E-state index >= 15 is 0 Å². The van der Waals surface area contributed by atoms with E-state index in [4.69, 9.17) is 25.4 Å². The molecule has 1 saturated heterocycles. The number of amides is 1. The Morgan fingerprint density at radius 3 is 2.56 bits per heavy atom. The summed E-state index contributed by atoms with van der Waals surface area (Å²) in [5.74, 6) is -0.632. The van der Waals surface area contributed by atoms with Gasteiger partial charge in [-0.1, -0.05) is 13.3 Å². The zero-order valence-electron chi connectivity index (χ0n) is 10.4. The highest BCUT2D eigenvalue weighted by Crippen LogP contribution is 2.19. The van der Waals surface area contributed by atoms with Gasteiger partial charge in [-0.15, -0.1) is 0 Å². The molecule has 1 fully saturated rings. The van der Waals surface area contributed by atoms with Crippen LogP contribution in [0.15, 0.2) is 0 Å². The van der Waals surface area contributed by atoms with Crippen LogP contribution < -0.4 is 5.73 Å². The summed E-state index contributed by atoms with van der Waals surface area (Å²) in [6, 6.07) is -0.505. The van der Waals surface area contributed by atoms with Crippen LogP contribution >= 0.6 is 0 Å². The van der Waals surface area contributed by atoms with Gasteiger partial charge in [0, 0.05) is 6.54 Å². The van der Waals surface area contributed by atoms with Crippen molar-refractivity contribution in [2.24, 2.45) is 5.73 Å². The van der Waals surface area contributed by atoms with Gasteiger partial charge in [0.05, 0.1) is 12.0 Å². The van der Waals surface area contributed by atoms with Crippen LogP contribution in [-0.2, 0) is 14.4 Å². The first-order valence-electron chi connectivity index (χ1n) is 5.91. The summed E-state index contributed by atoms with van der Waals surface area (Å²) in [6.07, 6.45) is 3.20. The van der Waals surface area contributed by atoms with Gasteiger partial charge in [-0.25, -0.2) is 0 Å². The van der Waals surface area contributed by atoms with Gasteiger partial charge in [0.2, 0.25) is 5.91 Å². The number of rotatable bonds is 4. The lowest BCUT2D eigenvalue weighted by atomic mass is 9.77. The van der Waals surface area contributed by atoms with Crippen LogP contribution in [0.3, 0.4) is 0 Å². The molecule has 0 aliphatic carbocycles. The Balaban J connectivity index is 0.000000873. The Morgan fingerprint density at radius 1 is 1.56 bits per heavy atom. The summed E-state index contributed by atoms with van der Waals surface area (Å²) < 4.78 is 0. The zero-order chi connectivity index (χ0) is 14.1. The summed E-state index contributed by atoms with van der Waals surface area (Å²) in [7, 11) is -1.45. The minimum Gasteiger partial charge on any atom is -0.426 e. The molecule has 102 valence electrons. The molecular formula is C10H19BN2O5. The molecule has 1 amide bonds. The molecule has 1 aliphatic rings. The van der Waals surface area contributed by atoms with Crippen molar-refractivity contribution in [1.29, 1.82) is 0 Å². The minimum absolute atomic E-state index is 0.160. The van der Waals surface area contributed by atoms with Crippen molar-refractivity contribution in [3.8, 4) is 0 Å². The van der Waals surface area contributed by atoms with Crippen molar-refractivity contribution in [2.45, 2.75) is 44.6 Å². The minimum atomic E-state index is -1.45. The molecule has 0 bridgehead atoms. The van der Waals surface area contributed by atoms with Crippen LogP contribution in [0.4, 0.5) is 0 Å². The molecule has 1 heterocycles. The van der Waals surface area contributed by atoms with E-state index in [1.54, 1.807) is 0 Å². The zero-order valence-corrected chi connectivity index (χ0v) is 10.4. The molecule has 8 heteroatoms. The van der Waals surface area contributed by atoms with Gasteiger partial charge < -0.3 is 20.7 Å². The maximum atomic E-state index is 11.8. The van der Waals surface area contributed by atoms with Crippen molar-refractivity contribution in [2.75, 3.05) is 6.54 Å². The topological polar surface area (TPSA) is 121 Å². The van der Waals surface area contributed by atoms with E-state index in [1.807, 2.05) is 6.92 Å². The number of hydrogen-bond donors (Lipinski definition) is 3. The van der Waals surface area contributed by atoms with Crippen molar-refractivity contribution >= 4 is 19.2 Å². The lowest BCUT2D eigenvalue weighted by Crippen LogP contribution is -2.51. The molecule has 2 atom stereocenters. The van der Waals surface area contributed by atoms with Crippen LogP contribution in [0.1, 0.15) is 32.6 Å². The summed E-state index contributed by atoms with van der Waals surface area (Å²) in [5.41, 5.74) is 5.72. The van der Waals surface area contributed by atoms with Crippen LogP contribution in [0.25, 0.3) is 0 Å². The summed E-state index contributed by atoms with van der Waals surface area (Å²) in [5, 5.41) is 18.2. The van der Waals surface area contributed by atoms with Crippen molar-refractivity contribution < 1.29 is 24.4 Å². The molecule has 7 nitrogen and oxygen atoms in total. The quantitative estimate of drug-likeness (QED) is 0.529. The van der Waals surface area contributed by atoms with Crippen LogP contribution in [-0.4, -0.2) is 52.7 Å². The highest BCUT2D eigenvalue weighted by atomic mass is 16.4. The predicted molar refractivity (Wildman–Crippen MR) is 62.8 cm³/mol. The maximum Gasteiger partial charge on any atom is 0.475 e. The first-order chi connectivity index (χ1) is 8.49. The molecular weight excluding hydrogens is 239 g/mol. The fourth-order valence-corrected chi connectivity index (χ4v) is 2.02. The second-order valence-electron chi connectivity index (χ2n) is 4.13. The number of hydrogen-bond acceptors (Lipinski definition) is 6. The van der Waals surface area contributed by atoms with Crippen molar-refractivity contribution in [3.63, 3.8) is 0 Å². The molecule has 18 heavy (non-hydrogen) atoms. The van der Waals surface area contributed by atoms with E-state index in [1.165, 1.54) is 4.90 Å². The van der Waals surface area contributed by atoms with E-state index in [0.29, 0.717) is 19.4 Å². The first kappa shape index (κ1) is 16.8. The Labute approximate surface area is 106 Å². The lowest BCUT2D eigenvalue weighted by Gasteiger charge is -2.26. The average Bonchev–Trinajstić information content (AvgIpc) is 2.78. The SMILES string of the molecule is CCC[C@H](N)C(=O)N1CCC[C@H]1B(O)O.O=C=O. The molecule has 1 rings (SSSR count).